The van der Waals surface area contributed by atoms with Crippen LogP contribution in [0.3, 0.4) is 0 Å². The summed E-state index contributed by atoms with van der Waals surface area (Å²) in [6.07, 6.45) is 1.45. The third kappa shape index (κ3) is 3.44. The van der Waals surface area contributed by atoms with Crippen molar-refractivity contribution >= 4 is 22.6 Å². The van der Waals surface area contributed by atoms with Gasteiger partial charge in [-0.1, -0.05) is 11.2 Å². The first-order valence-electron chi connectivity index (χ1n) is 9.49. The Labute approximate surface area is 176 Å². The highest BCUT2D eigenvalue weighted by molar-refractivity contribution is 6.02. The van der Waals surface area contributed by atoms with Gasteiger partial charge in [-0.05, 0) is 55.5 Å². The quantitative estimate of drug-likeness (QED) is 0.415. The van der Waals surface area contributed by atoms with E-state index >= 15 is 0 Å². The Hall–Kier alpha value is -4.33. The number of aryl methyl sites for hydroxylation is 1. The van der Waals surface area contributed by atoms with Gasteiger partial charge >= 0.3 is 0 Å². The van der Waals surface area contributed by atoms with Crippen molar-refractivity contribution in [2.24, 2.45) is 0 Å². The molecule has 0 spiro atoms. The second-order valence-electron chi connectivity index (χ2n) is 6.85. The third-order valence-corrected chi connectivity index (χ3v) is 4.88. The summed E-state index contributed by atoms with van der Waals surface area (Å²) in [6, 6.07) is 15.9. The van der Waals surface area contributed by atoms with Crippen molar-refractivity contribution in [3.63, 3.8) is 0 Å². The Bertz CT molecular complexity index is 1380. The molecule has 5 rings (SSSR count). The molecule has 0 aliphatic heterocycles. The fourth-order valence-corrected chi connectivity index (χ4v) is 3.30. The number of fused-ring (bicyclic) bond motifs is 1. The zero-order chi connectivity index (χ0) is 21.4. The molecule has 0 bridgehead atoms. The first kappa shape index (κ1) is 18.7. The molecular formula is C23H17N3O5. The topological polar surface area (TPSA) is 104 Å². The van der Waals surface area contributed by atoms with Gasteiger partial charge in [0.05, 0.1) is 13.4 Å². The molecule has 0 saturated carbocycles. The van der Waals surface area contributed by atoms with Crippen LogP contribution in [0.1, 0.15) is 16.1 Å². The molecule has 2 aromatic carbocycles. The minimum Gasteiger partial charge on any atom is -0.497 e. The van der Waals surface area contributed by atoms with E-state index in [9.17, 15) is 4.79 Å². The molecule has 5 aromatic rings. The van der Waals surface area contributed by atoms with Crippen LogP contribution in [-0.2, 0) is 0 Å². The predicted molar refractivity (Wildman–Crippen MR) is 113 cm³/mol. The molecule has 0 radical (unpaired) electrons. The summed E-state index contributed by atoms with van der Waals surface area (Å²) in [5, 5.41) is 7.78. The normalized spacial score (nSPS) is 11.0. The Balaban J connectivity index is 1.44. The summed E-state index contributed by atoms with van der Waals surface area (Å²) in [7, 11) is 1.62. The number of rotatable bonds is 5. The Kier molecular flexibility index (Phi) is 4.51. The van der Waals surface area contributed by atoms with Crippen LogP contribution in [0.25, 0.3) is 34.0 Å². The van der Waals surface area contributed by atoms with Gasteiger partial charge in [-0.3, -0.25) is 4.79 Å². The van der Waals surface area contributed by atoms with Crippen LogP contribution in [-0.4, -0.2) is 23.2 Å². The van der Waals surface area contributed by atoms with E-state index in [0.717, 1.165) is 16.7 Å². The number of nitrogens with zero attached hydrogens (tertiary/aromatic N) is 2. The fraction of sp³-hybridized carbons (Fsp3) is 0.0870. The van der Waals surface area contributed by atoms with Gasteiger partial charge in [0.25, 0.3) is 11.8 Å². The summed E-state index contributed by atoms with van der Waals surface area (Å²) in [6.45, 7) is 1.93. The molecule has 0 aliphatic rings. The Morgan fingerprint density at radius 2 is 2.00 bits per heavy atom. The number of benzene rings is 2. The van der Waals surface area contributed by atoms with E-state index in [0.29, 0.717) is 34.3 Å². The van der Waals surface area contributed by atoms with E-state index in [2.05, 4.69) is 15.5 Å². The lowest BCUT2D eigenvalue weighted by molar-refractivity contribution is 0.0996. The lowest BCUT2D eigenvalue weighted by atomic mass is 10.1. The maximum Gasteiger partial charge on any atom is 0.291 e. The highest BCUT2D eigenvalue weighted by Gasteiger charge is 2.19. The molecule has 0 aliphatic carbocycles. The molecule has 154 valence electrons. The summed E-state index contributed by atoms with van der Waals surface area (Å²) in [5.74, 6) is 1.80. The van der Waals surface area contributed by atoms with Crippen LogP contribution in [0.5, 0.6) is 5.75 Å². The lowest BCUT2D eigenvalue weighted by Gasteiger charge is -2.04. The largest absolute Gasteiger partial charge is 0.497 e. The smallest absolute Gasteiger partial charge is 0.291 e. The fourth-order valence-electron chi connectivity index (χ4n) is 3.30. The van der Waals surface area contributed by atoms with Crippen LogP contribution in [0.15, 0.2) is 74.2 Å². The average molecular weight is 415 g/mol. The molecule has 31 heavy (non-hydrogen) atoms. The van der Waals surface area contributed by atoms with Crippen molar-refractivity contribution in [1.82, 2.24) is 10.1 Å². The van der Waals surface area contributed by atoms with Gasteiger partial charge in [0, 0.05) is 22.2 Å². The molecule has 1 amide bonds. The van der Waals surface area contributed by atoms with Gasteiger partial charge in [-0.25, -0.2) is 0 Å². The molecule has 0 saturated heterocycles. The number of methoxy groups -OCH3 is 1. The zero-order valence-electron chi connectivity index (χ0n) is 16.7. The van der Waals surface area contributed by atoms with Crippen LogP contribution >= 0.6 is 0 Å². The molecule has 8 heteroatoms. The number of amides is 1. The summed E-state index contributed by atoms with van der Waals surface area (Å²) < 4.78 is 21.8. The van der Waals surface area contributed by atoms with E-state index in [1.165, 1.54) is 6.26 Å². The minimum atomic E-state index is -0.346. The zero-order valence-corrected chi connectivity index (χ0v) is 16.7. The number of carbonyl (C=O) groups is 1. The lowest BCUT2D eigenvalue weighted by Crippen LogP contribution is -2.10. The van der Waals surface area contributed by atoms with Gasteiger partial charge in [-0.15, -0.1) is 0 Å². The van der Waals surface area contributed by atoms with Crippen LogP contribution in [0.4, 0.5) is 5.69 Å². The number of aromatic nitrogens is 2. The number of hydrogen-bond donors (Lipinski definition) is 1. The second-order valence-corrected chi connectivity index (χ2v) is 6.85. The maximum absolute atomic E-state index is 12.2. The van der Waals surface area contributed by atoms with Crippen molar-refractivity contribution in [3.05, 3.63) is 72.2 Å². The maximum atomic E-state index is 12.2. The van der Waals surface area contributed by atoms with Gasteiger partial charge in [0.2, 0.25) is 5.82 Å². The standard InChI is InChI=1S/C23H17N3O5/c1-13-17-12-16(28-2)8-9-18(17)30-20(13)21-25-23(31-26-21)14-5-3-6-15(11-14)24-22(27)19-7-4-10-29-19/h3-12H,1-2H3,(H,24,27). The first-order valence-corrected chi connectivity index (χ1v) is 9.49. The summed E-state index contributed by atoms with van der Waals surface area (Å²) in [5.41, 5.74) is 2.83. The highest BCUT2D eigenvalue weighted by atomic mass is 16.5. The van der Waals surface area contributed by atoms with Crippen LogP contribution in [0, 0.1) is 6.92 Å². The van der Waals surface area contributed by atoms with Gasteiger partial charge in [0.1, 0.15) is 11.3 Å². The van der Waals surface area contributed by atoms with Crippen molar-refractivity contribution in [2.75, 3.05) is 12.4 Å². The van der Waals surface area contributed by atoms with Gasteiger partial charge in [-0.2, -0.15) is 4.98 Å². The Morgan fingerprint density at radius 3 is 2.81 bits per heavy atom. The molecule has 1 N–H and O–H groups in total. The molecule has 0 unspecified atom stereocenters. The van der Waals surface area contributed by atoms with Crippen molar-refractivity contribution in [2.45, 2.75) is 6.92 Å². The second kappa shape index (κ2) is 7.49. The molecule has 0 fully saturated rings. The van der Waals surface area contributed by atoms with E-state index in [1.807, 2.05) is 31.2 Å². The van der Waals surface area contributed by atoms with Crippen molar-refractivity contribution < 1.29 is 22.9 Å². The highest BCUT2D eigenvalue weighted by Crippen LogP contribution is 2.34. The first-order chi connectivity index (χ1) is 15.1. The van der Waals surface area contributed by atoms with Gasteiger partial charge < -0.3 is 23.4 Å². The number of nitrogens with one attached hydrogen (secondary N) is 1. The molecule has 8 nitrogen and oxygen atoms in total. The van der Waals surface area contributed by atoms with Crippen molar-refractivity contribution in [3.8, 4) is 28.8 Å². The van der Waals surface area contributed by atoms with E-state index in [1.54, 1.807) is 37.4 Å². The SMILES string of the molecule is COc1ccc2oc(-c3noc(-c4cccc(NC(=O)c5ccco5)c4)n3)c(C)c2c1. The van der Waals surface area contributed by atoms with Crippen molar-refractivity contribution in [1.29, 1.82) is 0 Å². The molecule has 3 heterocycles. The van der Waals surface area contributed by atoms with E-state index < -0.39 is 0 Å². The molecular weight excluding hydrogens is 398 g/mol. The Morgan fingerprint density at radius 1 is 1.10 bits per heavy atom. The minimum absolute atomic E-state index is 0.225. The number of anilines is 1. The molecule has 3 aromatic heterocycles. The number of hydrogen-bond acceptors (Lipinski definition) is 7. The number of carbonyl (C=O) groups excluding carboxylic acids is 1. The van der Waals surface area contributed by atoms with E-state index in [-0.39, 0.29) is 11.7 Å². The third-order valence-electron chi connectivity index (χ3n) is 4.88. The van der Waals surface area contributed by atoms with Crippen LogP contribution in [0.2, 0.25) is 0 Å². The number of ether oxygens (including phenoxy) is 1. The average Bonchev–Trinajstić information content (AvgIpc) is 3.54. The predicted octanol–water partition coefficient (Wildman–Crippen LogP) is 5.31. The van der Waals surface area contributed by atoms with E-state index in [4.69, 9.17) is 18.1 Å². The van der Waals surface area contributed by atoms with Gasteiger partial charge in [0.15, 0.2) is 11.5 Å². The number of furan rings is 2. The summed E-state index contributed by atoms with van der Waals surface area (Å²) >= 11 is 0. The monoisotopic (exact) mass is 415 g/mol. The summed E-state index contributed by atoms with van der Waals surface area (Å²) in [4.78, 5) is 16.7. The van der Waals surface area contributed by atoms with Crippen LogP contribution < -0.4 is 10.1 Å². The molecule has 0 atom stereocenters.